The number of nitrogens with one attached hydrogen (secondary N) is 1. The molecule has 0 bridgehead atoms. The van der Waals surface area contributed by atoms with Gasteiger partial charge in [-0.05, 0) is 12.1 Å². The average Bonchev–Trinajstić information content (AvgIpc) is 2.37. The first-order chi connectivity index (χ1) is 8.97. The molecule has 0 heterocycles. The minimum atomic E-state index is -0.981. The van der Waals surface area contributed by atoms with E-state index in [4.69, 9.17) is 20.9 Å². The van der Waals surface area contributed by atoms with Crippen LogP contribution in [0.4, 0.5) is 5.69 Å². The lowest BCUT2D eigenvalue weighted by Gasteiger charge is -2.13. The number of carbonyl (C=O) groups is 2. The number of hydrogen-bond donors (Lipinski definition) is 3. The molecule has 19 heavy (non-hydrogen) atoms. The lowest BCUT2D eigenvalue weighted by molar-refractivity contribution is -0.123. The highest BCUT2D eigenvalue weighted by Crippen LogP contribution is 2.29. The Morgan fingerprint density at radius 3 is 2.42 bits per heavy atom. The fraction of sp³-hybridized carbons (Fsp3) is 0.333. The number of methoxy groups -OCH3 is 2. The van der Waals surface area contributed by atoms with Crippen molar-refractivity contribution in [3.63, 3.8) is 0 Å². The first-order valence-corrected chi connectivity index (χ1v) is 5.54. The second-order valence-corrected chi connectivity index (χ2v) is 3.84. The fourth-order valence-electron chi connectivity index (χ4n) is 1.46. The van der Waals surface area contributed by atoms with Gasteiger partial charge in [0.2, 0.25) is 11.8 Å². The number of benzene rings is 1. The number of anilines is 1. The quantitative estimate of drug-likeness (QED) is 0.662. The molecule has 0 fully saturated rings. The van der Waals surface area contributed by atoms with E-state index in [0.717, 1.165) is 0 Å². The summed E-state index contributed by atoms with van der Waals surface area (Å²) in [5, 5.41) is 2.57. The number of primary amides is 1. The second-order valence-electron chi connectivity index (χ2n) is 3.84. The molecule has 5 N–H and O–H groups in total. The summed E-state index contributed by atoms with van der Waals surface area (Å²) in [5.74, 6) is -0.105. The van der Waals surface area contributed by atoms with Crippen LogP contribution >= 0.6 is 0 Å². The molecule has 0 aliphatic heterocycles. The molecule has 0 saturated heterocycles. The van der Waals surface area contributed by atoms with Gasteiger partial charge in [0.25, 0.3) is 0 Å². The number of hydrogen-bond acceptors (Lipinski definition) is 5. The van der Waals surface area contributed by atoms with Crippen LogP contribution in [0.1, 0.15) is 6.42 Å². The van der Waals surface area contributed by atoms with Gasteiger partial charge in [-0.15, -0.1) is 0 Å². The molecule has 1 aromatic carbocycles. The predicted molar refractivity (Wildman–Crippen MR) is 70.0 cm³/mol. The van der Waals surface area contributed by atoms with Crippen LogP contribution in [0, 0.1) is 0 Å². The van der Waals surface area contributed by atoms with Gasteiger partial charge in [0, 0.05) is 11.8 Å². The Kier molecular flexibility index (Phi) is 5.13. The standard InChI is InChI=1S/C12H17N3O4/c1-18-9-4-3-7(5-10(9)19-2)15-12(17)8(13)6-11(14)16/h3-5,8H,6,13H2,1-2H3,(H2,14,16)(H,15,17). The van der Waals surface area contributed by atoms with Crippen molar-refractivity contribution >= 4 is 17.5 Å². The molecule has 0 aromatic heterocycles. The molecule has 1 aromatic rings. The van der Waals surface area contributed by atoms with E-state index in [1.165, 1.54) is 14.2 Å². The highest BCUT2D eigenvalue weighted by atomic mass is 16.5. The Hall–Kier alpha value is -2.28. The molecule has 2 amide bonds. The summed E-state index contributed by atoms with van der Waals surface area (Å²) in [6, 6.07) is 3.89. The summed E-state index contributed by atoms with van der Waals surface area (Å²) in [7, 11) is 3.00. The minimum Gasteiger partial charge on any atom is -0.493 e. The van der Waals surface area contributed by atoms with Gasteiger partial charge in [-0.1, -0.05) is 0 Å². The lowest BCUT2D eigenvalue weighted by atomic mass is 10.2. The van der Waals surface area contributed by atoms with Crippen LogP contribution in [0.3, 0.4) is 0 Å². The molecular formula is C12H17N3O4. The molecule has 7 nitrogen and oxygen atoms in total. The average molecular weight is 267 g/mol. The molecule has 0 aliphatic carbocycles. The van der Waals surface area contributed by atoms with E-state index >= 15 is 0 Å². The number of amides is 2. The Bertz CT molecular complexity index is 476. The van der Waals surface area contributed by atoms with Gasteiger partial charge in [0.15, 0.2) is 11.5 Å². The van der Waals surface area contributed by atoms with Gasteiger partial charge in [-0.2, -0.15) is 0 Å². The van der Waals surface area contributed by atoms with Crippen LogP contribution in [0.2, 0.25) is 0 Å². The molecule has 0 spiro atoms. The summed E-state index contributed by atoms with van der Waals surface area (Å²) in [6.07, 6.45) is -0.209. The van der Waals surface area contributed by atoms with Crippen LogP contribution in [0.15, 0.2) is 18.2 Å². The maximum absolute atomic E-state index is 11.7. The summed E-state index contributed by atoms with van der Waals surface area (Å²) in [4.78, 5) is 22.4. The third kappa shape index (κ3) is 4.14. The van der Waals surface area contributed by atoms with Crippen LogP contribution in [0.25, 0.3) is 0 Å². The molecule has 0 aliphatic rings. The van der Waals surface area contributed by atoms with Crippen molar-refractivity contribution in [2.75, 3.05) is 19.5 Å². The normalized spacial score (nSPS) is 11.5. The predicted octanol–water partition coefficient (Wildman–Crippen LogP) is -0.155. The number of nitrogens with two attached hydrogens (primary N) is 2. The summed E-state index contributed by atoms with van der Waals surface area (Å²) >= 11 is 0. The summed E-state index contributed by atoms with van der Waals surface area (Å²) in [5.41, 5.74) is 11.0. The van der Waals surface area contributed by atoms with Gasteiger partial charge in [-0.3, -0.25) is 9.59 Å². The minimum absolute atomic E-state index is 0.209. The third-order valence-electron chi connectivity index (χ3n) is 2.41. The van der Waals surface area contributed by atoms with Crippen LogP contribution < -0.4 is 26.3 Å². The van der Waals surface area contributed by atoms with E-state index in [9.17, 15) is 9.59 Å². The summed E-state index contributed by atoms with van der Waals surface area (Å²) in [6.45, 7) is 0. The van der Waals surface area contributed by atoms with Crippen molar-refractivity contribution in [1.29, 1.82) is 0 Å². The summed E-state index contributed by atoms with van der Waals surface area (Å²) < 4.78 is 10.2. The smallest absolute Gasteiger partial charge is 0.241 e. The van der Waals surface area contributed by atoms with E-state index in [2.05, 4.69) is 5.32 Å². The molecule has 0 saturated carbocycles. The van der Waals surface area contributed by atoms with Gasteiger partial charge >= 0.3 is 0 Å². The molecule has 1 atom stereocenters. The second kappa shape index (κ2) is 6.60. The zero-order valence-electron chi connectivity index (χ0n) is 10.8. The van der Waals surface area contributed by atoms with Crippen molar-refractivity contribution in [3.05, 3.63) is 18.2 Å². The van der Waals surface area contributed by atoms with E-state index in [-0.39, 0.29) is 6.42 Å². The van der Waals surface area contributed by atoms with E-state index in [0.29, 0.717) is 17.2 Å². The van der Waals surface area contributed by atoms with Gasteiger partial charge < -0.3 is 26.3 Å². The molecular weight excluding hydrogens is 250 g/mol. The maximum atomic E-state index is 11.7. The largest absolute Gasteiger partial charge is 0.493 e. The Labute approximate surface area is 110 Å². The first-order valence-electron chi connectivity index (χ1n) is 5.54. The van der Waals surface area contributed by atoms with E-state index < -0.39 is 17.9 Å². The highest BCUT2D eigenvalue weighted by molar-refractivity contribution is 5.97. The van der Waals surface area contributed by atoms with Crippen LogP contribution in [-0.4, -0.2) is 32.1 Å². The van der Waals surface area contributed by atoms with Crippen molar-refractivity contribution in [2.24, 2.45) is 11.5 Å². The molecule has 7 heteroatoms. The van der Waals surface area contributed by atoms with Crippen molar-refractivity contribution in [2.45, 2.75) is 12.5 Å². The topological polar surface area (TPSA) is 117 Å². The van der Waals surface area contributed by atoms with Crippen LogP contribution in [-0.2, 0) is 9.59 Å². The van der Waals surface area contributed by atoms with Crippen molar-refractivity contribution < 1.29 is 19.1 Å². The number of ether oxygens (including phenoxy) is 2. The first kappa shape index (κ1) is 14.8. The maximum Gasteiger partial charge on any atom is 0.241 e. The van der Waals surface area contributed by atoms with Gasteiger partial charge in [0.05, 0.1) is 26.7 Å². The van der Waals surface area contributed by atoms with Crippen molar-refractivity contribution in [1.82, 2.24) is 0 Å². The fourth-order valence-corrected chi connectivity index (χ4v) is 1.46. The van der Waals surface area contributed by atoms with Crippen molar-refractivity contribution in [3.8, 4) is 11.5 Å². The Balaban J connectivity index is 2.77. The SMILES string of the molecule is COc1ccc(NC(=O)C(N)CC(N)=O)cc1OC. The zero-order valence-corrected chi connectivity index (χ0v) is 10.8. The van der Waals surface area contributed by atoms with Crippen LogP contribution in [0.5, 0.6) is 11.5 Å². The molecule has 1 unspecified atom stereocenters. The number of carbonyl (C=O) groups excluding carboxylic acids is 2. The molecule has 104 valence electrons. The highest BCUT2D eigenvalue weighted by Gasteiger charge is 2.16. The van der Waals surface area contributed by atoms with Gasteiger partial charge in [-0.25, -0.2) is 0 Å². The third-order valence-corrected chi connectivity index (χ3v) is 2.41. The Morgan fingerprint density at radius 2 is 1.89 bits per heavy atom. The monoisotopic (exact) mass is 267 g/mol. The Morgan fingerprint density at radius 1 is 1.26 bits per heavy atom. The van der Waals surface area contributed by atoms with Gasteiger partial charge in [0.1, 0.15) is 0 Å². The molecule has 0 radical (unpaired) electrons. The number of rotatable bonds is 6. The lowest BCUT2D eigenvalue weighted by Crippen LogP contribution is -2.38. The van der Waals surface area contributed by atoms with E-state index in [1.54, 1.807) is 18.2 Å². The van der Waals surface area contributed by atoms with E-state index in [1.807, 2.05) is 0 Å². The zero-order chi connectivity index (χ0) is 14.4. The molecule has 1 rings (SSSR count).